The first-order chi connectivity index (χ1) is 15.4. The zero-order chi connectivity index (χ0) is 22.8. The summed E-state index contributed by atoms with van der Waals surface area (Å²) in [5.74, 6) is 0.601. The van der Waals surface area contributed by atoms with Crippen molar-refractivity contribution in [3.63, 3.8) is 0 Å². The lowest BCUT2D eigenvalue weighted by Crippen LogP contribution is -2.49. The third-order valence-electron chi connectivity index (χ3n) is 5.60. The molecule has 0 radical (unpaired) electrons. The number of hydrogen-bond acceptors (Lipinski definition) is 5. The normalized spacial score (nSPS) is 14.0. The first kappa shape index (κ1) is 22.2. The molecular weight excluding hydrogens is 453 g/mol. The first-order valence-corrected chi connectivity index (χ1v) is 10.9. The van der Waals surface area contributed by atoms with Crippen LogP contribution in [-0.2, 0) is 11.3 Å². The number of anilines is 1. The van der Waals surface area contributed by atoms with E-state index < -0.39 is 0 Å². The zero-order valence-electron chi connectivity index (χ0n) is 17.8. The van der Waals surface area contributed by atoms with E-state index in [1.807, 2.05) is 30.0 Å². The molecule has 168 valence electrons. The Morgan fingerprint density at radius 3 is 2.66 bits per heavy atom. The minimum atomic E-state index is -0.0286. The fraction of sp³-hybridized carbons (Fsp3) is 0.318. The summed E-state index contributed by atoms with van der Waals surface area (Å²) in [5.41, 5.74) is 2.79. The Morgan fingerprint density at radius 1 is 1.22 bits per heavy atom. The predicted octanol–water partition coefficient (Wildman–Crippen LogP) is 3.16. The fourth-order valence-electron chi connectivity index (χ4n) is 3.74. The second kappa shape index (κ2) is 9.26. The van der Waals surface area contributed by atoms with Crippen LogP contribution in [0.15, 0.2) is 42.7 Å². The number of hydrogen-bond donors (Lipinski definition) is 0. The van der Waals surface area contributed by atoms with Crippen molar-refractivity contribution in [2.75, 3.05) is 38.2 Å². The molecule has 32 heavy (non-hydrogen) atoms. The molecule has 1 fully saturated rings. The maximum Gasteiger partial charge on any atom is 0.244 e. The number of methoxy groups -OCH3 is 1. The quantitative estimate of drug-likeness (QED) is 0.418. The molecule has 1 aromatic carbocycles. The van der Waals surface area contributed by atoms with Gasteiger partial charge in [0.25, 0.3) is 0 Å². The summed E-state index contributed by atoms with van der Waals surface area (Å²) in [6.45, 7) is 4.50. The van der Waals surface area contributed by atoms with Gasteiger partial charge in [0, 0.05) is 44.0 Å². The van der Waals surface area contributed by atoms with Gasteiger partial charge in [-0.15, -0.1) is 0 Å². The molecular formula is C22H23Cl2N5O3. The molecule has 8 nitrogen and oxygen atoms in total. The molecule has 0 atom stereocenters. The highest BCUT2D eigenvalue weighted by atomic mass is 35.5. The van der Waals surface area contributed by atoms with E-state index in [-0.39, 0.29) is 12.5 Å². The van der Waals surface area contributed by atoms with Crippen LogP contribution in [0.4, 0.5) is 5.69 Å². The Kier molecular flexibility index (Phi) is 6.43. The minimum Gasteiger partial charge on any atom is -0.619 e. The molecule has 1 amide bonds. The van der Waals surface area contributed by atoms with Crippen LogP contribution in [0, 0.1) is 12.1 Å². The molecule has 1 aliphatic heterocycles. The Hall–Kier alpha value is -2.97. The van der Waals surface area contributed by atoms with Gasteiger partial charge in [-0.05, 0) is 25.1 Å². The number of benzene rings is 1. The first-order valence-electron chi connectivity index (χ1n) is 10.2. The van der Waals surface area contributed by atoms with Gasteiger partial charge in [0.15, 0.2) is 12.4 Å². The number of pyridine rings is 1. The number of carbonyl (C=O) groups excluding carboxylic acids is 1. The van der Waals surface area contributed by atoms with Gasteiger partial charge >= 0.3 is 0 Å². The molecule has 0 unspecified atom stereocenters. The molecule has 0 bridgehead atoms. The largest absolute Gasteiger partial charge is 0.619 e. The van der Waals surface area contributed by atoms with Crippen LogP contribution in [0.3, 0.4) is 0 Å². The fourth-order valence-corrected chi connectivity index (χ4v) is 4.18. The lowest BCUT2D eigenvalue weighted by atomic mass is 10.2. The van der Waals surface area contributed by atoms with E-state index in [1.54, 1.807) is 23.9 Å². The predicted molar refractivity (Wildman–Crippen MR) is 123 cm³/mol. The van der Waals surface area contributed by atoms with Crippen molar-refractivity contribution < 1.29 is 14.3 Å². The SMILES string of the molecule is COc1cc(N2CCN(C(=O)Cn3nc(-c4ccc[n+]([O-])c4)c(Cl)c3C)CC2)ccc1Cl. The van der Waals surface area contributed by atoms with Gasteiger partial charge in [-0.3, -0.25) is 9.48 Å². The summed E-state index contributed by atoms with van der Waals surface area (Å²) >= 11 is 12.6. The Labute approximate surface area is 196 Å². The van der Waals surface area contributed by atoms with E-state index in [9.17, 15) is 10.0 Å². The summed E-state index contributed by atoms with van der Waals surface area (Å²) in [6, 6.07) is 9.07. The van der Waals surface area contributed by atoms with Crippen molar-refractivity contribution in [3.8, 4) is 17.0 Å². The standard InChI is InChI=1S/C22H23Cl2N5O3/c1-15-21(24)22(16-4-3-7-28(31)13-16)25-29(15)14-20(30)27-10-8-26(9-11-27)17-5-6-18(23)19(12-17)32-2/h3-7,12-13H,8-11,14H2,1-2H3. The van der Waals surface area contributed by atoms with Crippen molar-refractivity contribution in [1.29, 1.82) is 0 Å². The zero-order valence-corrected chi connectivity index (χ0v) is 19.3. The average molecular weight is 476 g/mol. The summed E-state index contributed by atoms with van der Waals surface area (Å²) < 4.78 is 7.59. The van der Waals surface area contributed by atoms with Crippen LogP contribution >= 0.6 is 23.2 Å². The lowest BCUT2D eigenvalue weighted by molar-refractivity contribution is -0.604. The highest BCUT2D eigenvalue weighted by molar-refractivity contribution is 6.33. The Balaban J connectivity index is 1.42. The lowest BCUT2D eigenvalue weighted by Gasteiger charge is -2.36. The third-order valence-corrected chi connectivity index (χ3v) is 6.36. The van der Waals surface area contributed by atoms with Gasteiger partial charge in [0.05, 0.1) is 28.4 Å². The molecule has 0 saturated carbocycles. The van der Waals surface area contributed by atoms with Gasteiger partial charge in [-0.1, -0.05) is 23.2 Å². The molecule has 1 aliphatic rings. The number of carbonyl (C=O) groups is 1. The van der Waals surface area contributed by atoms with E-state index in [1.165, 1.54) is 12.4 Å². The van der Waals surface area contributed by atoms with Crippen molar-refractivity contribution in [2.45, 2.75) is 13.5 Å². The summed E-state index contributed by atoms with van der Waals surface area (Å²) in [4.78, 5) is 17.0. The van der Waals surface area contributed by atoms with E-state index in [0.717, 1.165) is 5.69 Å². The van der Waals surface area contributed by atoms with Gasteiger partial charge in [0.2, 0.25) is 5.91 Å². The Morgan fingerprint density at radius 2 is 1.97 bits per heavy atom. The van der Waals surface area contributed by atoms with Gasteiger partial charge in [-0.2, -0.15) is 9.83 Å². The van der Waals surface area contributed by atoms with Gasteiger partial charge in [0.1, 0.15) is 18.0 Å². The number of amides is 1. The molecule has 0 N–H and O–H groups in total. The van der Waals surface area contributed by atoms with Crippen LogP contribution in [-0.4, -0.2) is 53.9 Å². The molecule has 3 heterocycles. The smallest absolute Gasteiger partial charge is 0.244 e. The van der Waals surface area contributed by atoms with Crippen LogP contribution in [0.25, 0.3) is 11.3 Å². The maximum absolute atomic E-state index is 12.9. The maximum atomic E-state index is 12.9. The van der Waals surface area contributed by atoms with E-state index in [4.69, 9.17) is 27.9 Å². The number of ether oxygens (including phenoxy) is 1. The van der Waals surface area contributed by atoms with Crippen molar-refractivity contribution in [3.05, 3.63) is 63.7 Å². The summed E-state index contributed by atoms with van der Waals surface area (Å²) in [7, 11) is 1.59. The van der Waals surface area contributed by atoms with Crippen LogP contribution in [0.2, 0.25) is 10.0 Å². The molecule has 0 spiro atoms. The van der Waals surface area contributed by atoms with E-state index >= 15 is 0 Å². The molecule has 3 aromatic rings. The van der Waals surface area contributed by atoms with E-state index in [0.29, 0.717) is 63.7 Å². The third kappa shape index (κ3) is 4.47. The van der Waals surface area contributed by atoms with Crippen molar-refractivity contribution >= 4 is 34.8 Å². The second-order valence-corrected chi connectivity index (χ2v) is 8.33. The number of halogens is 2. The van der Waals surface area contributed by atoms with Crippen LogP contribution < -0.4 is 14.4 Å². The van der Waals surface area contributed by atoms with Crippen molar-refractivity contribution in [1.82, 2.24) is 14.7 Å². The van der Waals surface area contributed by atoms with Gasteiger partial charge in [-0.25, -0.2) is 0 Å². The highest BCUT2D eigenvalue weighted by Crippen LogP contribution is 2.30. The molecule has 4 rings (SSSR count). The van der Waals surface area contributed by atoms with Crippen LogP contribution in [0.1, 0.15) is 5.69 Å². The molecule has 1 saturated heterocycles. The minimum absolute atomic E-state index is 0.0286. The Bertz CT molecular complexity index is 1140. The summed E-state index contributed by atoms with van der Waals surface area (Å²) in [6.07, 6.45) is 2.80. The monoisotopic (exact) mass is 475 g/mol. The number of rotatable bonds is 5. The number of piperazine rings is 1. The molecule has 10 heteroatoms. The van der Waals surface area contributed by atoms with Gasteiger partial charge < -0.3 is 19.7 Å². The highest BCUT2D eigenvalue weighted by Gasteiger charge is 2.24. The van der Waals surface area contributed by atoms with Crippen molar-refractivity contribution in [2.24, 2.45) is 0 Å². The van der Waals surface area contributed by atoms with E-state index in [2.05, 4.69) is 10.00 Å². The average Bonchev–Trinajstić information content (AvgIpc) is 3.08. The molecule has 2 aromatic heterocycles. The number of nitrogens with zero attached hydrogens (tertiary/aromatic N) is 5. The molecule has 0 aliphatic carbocycles. The second-order valence-electron chi connectivity index (χ2n) is 7.54. The summed E-state index contributed by atoms with van der Waals surface area (Å²) in [5, 5.41) is 17.1. The topological polar surface area (TPSA) is 77.5 Å². The number of aromatic nitrogens is 3. The van der Waals surface area contributed by atoms with Crippen LogP contribution in [0.5, 0.6) is 5.75 Å².